The van der Waals surface area contributed by atoms with Crippen LogP contribution in [-0.4, -0.2) is 20.6 Å². The fourth-order valence-corrected chi connectivity index (χ4v) is 4.60. The second kappa shape index (κ2) is 8.20. The molecule has 0 aliphatic heterocycles. The van der Waals surface area contributed by atoms with Gasteiger partial charge >= 0.3 is 5.97 Å². The predicted octanol–water partition coefficient (Wildman–Crippen LogP) is 5.10. The highest BCUT2D eigenvalue weighted by Crippen LogP contribution is 2.36. The number of aromatic nitrogens is 2. The van der Waals surface area contributed by atoms with Crippen molar-refractivity contribution in [3.63, 3.8) is 0 Å². The van der Waals surface area contributed by atoms with Gasteiger partial charge in [0.1, 0.15) is 16.5 Å². The topological polar surface area (TPSA) is 72.2 Å². The Bertz CT molecular complexity index is 1280. The molecule has 4 aromatic rings. The molecule has 2 heterocycles. The average Bonchev–Trinajstić information content (AvgIpc) is 3.07. The van der Waals surface area contributed by atoms with Gasteiger partial charge in [-0.1, -0.05) is 42.5 Å². The number of fused-ring (bicyclic) bond motifs is 1. The highest BCUT2D eigenvalue weighted by molar-refractivity contribution is 7.19. The number of carboxylic acids is 1. The van der Waals surface area contributed by atoms with Crippen molar-refractivity contribution in [3.8, 4) is 22.5 Å². The minimum absolute atomic E-state index is 0.0355. The van der Waals surface area contributed by atoms with E-state index in [0.717, 1.165) is 21.6 Å². The van der Waals surface area contributed by atoms with E-state index in [2.05, 4.69) is 0 Å². The van der Waals surface area contributed by atoms with Crippen LogP contribution < -0.4 is 5.56 Å². The summed E-state index contributed by atoms with van der Waals surface area (Å²) in [7, 11) is 0. The Morgan fingerprint density at radius 3 is 2.47 bits per heavy atom. The van der Waals surface area contributed by atoms with E-state index in [4.69, 9.17) is 10.1 Å². The summed E-state index contributed by atoms with van der Waals surface area (Å²) >= 11 is 1.43. The molecule has 4 rings (SSSR count). The minimum Gasteiger partial charge on any atom is -0.481 e. The van der Waals surface area contributed by atoms with Crippen LogP contribution in [0.2, 0.25) is 0 Å². The van der Waals surface area contributed by atoms with Gasteiger partial charge < -0.3 is 5.11 Å². The Hall–Kier alpha value is -3.32. The summed E-state index contributed by atoms with van der Waals surface area (Å²) in [6.45, 7) is 2.16. The smallest absolute Gasteiger partial charge is 0.303 e. The normalized spacial score (nSPS) is 11.1. The number of benzene rings is 2. The Morgan fingerprint density at radius 2 is 1.80 bits per heavy atom. The molecule has 1 N–H and O–H groups in total. The number of aliphatic carboxylic acids is 1. The van der Waals surface area contributed by atoms with Gasteiger partial charge in [0.05, 0.1) is 5.39 Å². The lowest BCUT2D eigenvalue weighted by Crippen LogP contribution is -2.24. The van der Waals surface area contributed by atoms with Gasteiger partial charge in [0.25, 0.3) is 5.56 Å². The number of hydrogen-bond acceptors (Lipinski definition) is 4. The van der Waals surface area contributed by atoms with Crippen LogP contribution in [-0.2, 0) is 11.3 Å². The van der Waals surface area contributed by atoms with E-state index in [9.17, 15) is 14.0 Å². The molecule has 0 bridgehead atoms. The van der Waals surface area contributed by atoms with Crippen molar-refractivity contribution in [2.75, 3.05) is 0 Å². The zero-order valence-corrected chi connectivity index (χ0v) is 17.1. The first-order chi connectivity index (χ1) is 14.5. The number of nitrogens with zero attached hydrogens (tertiary/aromatic N) is 2. The molecular formula is C23H19FN2O3S. The molecule has 5 nitrogen and oxygen atoms in total. The number of halogens is 1. The van der Waals surface area contributed by atoms with E-state index in [1.54, 1.807) is 16.7 Å². The van der Waals surface area contributed by atoms with Crippen LogP contribution in [0.1, 0.15) is 17.7 Å². The molecule has 0 amide bonds. The quantitative estimate of drug-likeness (QED) is 0.469. The molecule has 0 unspecified atom stereocenters. The highest BCUT2D eigenvalue weighted by atomic mass is 32.1. The van der Waals surface area contributed by atoms with Gasteiger partial charge in [-0.15, -0.1) is 11.3 Å². The second-order valence-electron chi connectivity index (χ2n) is 6.98. The van der Waals surface area contributed by atoms with E-state index >= 15 is 0 Å². The monoisotopic (exact) mass is 422 g/mol. The van der Waals surface area contributed by atoms with Crippen molar-refractivity contribution < 1.29 is 14.3 Å². The number of thiophene rings is 1. The molecule has 7 heteroatoms. The molecule has 0 aliphatic rings. The maximum atomic E-state index is 13.6. The van der Waals surface area contributed by atoms with Crippen molar-refractivity contribution in [2.24, 2.45) is 0 Å². The van der Waals surface area contributed by atoms with Gasteiger partial charge in [0.2, 0.25) is 0 Å². The van der Waals surface area contributed by atoms with Crippen LogP contribution in [0.5, 0.6) is 0 Å². The van der Waals surface area contributed by atoms with E-state index in [1.807, 2.05) is 37.3 Å². The summed E-state index contributed by atoms with van der Waals surface area (Å²) in [4.78, 5) is 30.9. The van der Waals surface area contributed by atoms with Crippen molar-refractivity contribution in [2.45, 2.75) is 26.3 Å². The SMILES string of the molecule is Cc1sc2nc(-c3ccccc3)n(CCCC(=O)O)c(=O)c2c1-c1ccc(F)cc1. The standard InChI is InChI=1S/C23H19FN2O3S/c1-14-19(15-9-11-17(24)12-10-15)20-22(30-14)25-21(16-6-3-2-4-7-16)26(23(20)29)13-5-8-18(27)28/h2-4,6-7,9-12H,5,8,13H2,1H3,(H,27,28). The third kappa shape index (κ3) is 3.76. The third-order valence-electron chi connectivity index (χ3n) is 4.93. The fourth-order valence-electron chi connectivity index (χ4n) is 3.56. The van der Waals surface area contributed by atoms with Crippen LogP contribution in [0.4, 0.5) is 4.39 Å². The van der Waals surface area contributed by atoms with Gasteiger partial charge in [0, 0.05) is 29.0 Å². The molecule has 0 saturated carbocycles. The van der Waals surface area contributed by atoms with Crippen molar-refractivity contribution in [1.29, 1.82) is 0 Å². The van der Waals surface area contributed by atoms with Gasteiger partial charge in [-0.3, -0.25) is 14.2 Å². The molecule has 152 valence electrons. The van der Waals surface area contributed by atoms with E-state index in [0.29, 0.717) is 22.5 Å². The summed E-state index contributed by atoms with van der Waals surface area (Å²) in [5, 5.41) is 9.49. The Labute approximate surface area is 176 Å². The molecule has 0 atom stereocenters. The lowest BCUT2D eigenvalue weighted by Gasteiger charge is -2.13. The first-order valence-corrected chi connectivity index (χ1v) is 10.3. The van der Waals surface area contributed by atoms with Crippen LogP contribution >= 0.6 is 11.3 Å². The van der Waals surface area contributed by atoms with Gasteiger partial charge in [0.15, 0.2) is 0 Å². The number of hydrogen-bond donors (Lipinski definition) is 1. The maximum Gasteiger partial charge on any atom is 0.303 e. The first kappa shape index (κ1) is 20.0. The first-order valence-electron chi connectivity index (χ1n) is 9.53. The van der Waals surface area contributed by atoms with Crippen LogP contribution in [0.25, 0.3) is 32.7 Å². The zero-order chi connectivity index (χ0) is 21.3. The molecule has 0 saturated heterocycles. The van der Waals surface area contributed by atoms with Crippen molar-refractivity contribution in [3.05, 3.63) is 75.6 Å². The highest BCUT2D eigenvalue weighted by Gasteiger charge is 2.20. The Morgan fingerprint density at radius 1 is 1.10 bits per heavy atom. The number of carbonyl (C=O) groups is 1. The second-order valence-corrected chi connectivity index (χ2v) is 8.18. The molecule has 0 aliphatic carbocycles. The number of rotatable bonds is 6. The molecule has 2 aromatic carbocycles. The summed E-state index contributed by atoms with van der Waals surface area (Å²) in [6, 6.07) is 15.4. The maximum absolute atomic E-state index is 13.6. The summed E-state index contributed by atoms with van der Waals surface area (Å²) in [6.07, 6.45) is 0.281. The summed E-state index contributed by atoms with van der Waals surface area (Å²) in [5.74, 6) is -0.728. The molecule has 30 heavy (non-hydrogen) atoms. The predicted molar refractivity (Wildman–Crippen MR) is 116 cm³/mol. The van der Waals surface area contributed by atoms with E-state index in [-0.39, 0.29) is 24.3 Å². The van der Waals surface area contributed by atoms with E-state index < -0.39 is 5.97 Å². The van der Waals surface area contributed by atoms with Crippen LogP contribution in [0.3, 0.4) is 0 Å². The van der Waals surface area contributed by atoms with Gasteiger partial charge in [-0.2, -0.15) is 0 Å². The summed E-state index contributed by atoms with van der Waals surface area (Å²) in [5.41, 5.74) is 2.08. The molecular weight excluding hydrogens is 403 g/mol. The zero-order valence-electron chi connectivity index (χ0n) is 16.3. The number of carboxylic acid groups (broad SMARTS) is 1. The van der Waals surface area contributed by atoms with Crippen LogP contribution in [0.15, 0.2) is 59.4 Å². The largest absolute Gasteiger partial charge is 0.481 e. The van der Waals surface area contributed by atoms with Gasteiger partial charge in [-0.05, 0) is 31.0 Å². The lowest BCUT2D eigenvalue weighted by molar-refractivity contribution is -0.137. The molecule has 0 spiro atoms. The molecule has 2 aromatic heterocycles. The van der Waals surface area contributed by atoms with Gasteiger partial charge in [-0.25, -0.2) is 9.37 Å². The fraction of sp³-hybridized carbons (Fsp3) is 0.174. The van der Waals surface area contributed by atoms with E-state index in [1.165, 1.54) is 23.5 Å². The third-order valence-corrected chi connectivity index (χ3v) is 5.92. The minimum atomic E-state index is -0.906. The summed E-state index contributed by atoms with van der Waals surface area (Å²) < 4.78 is 15.0. The lowest BCUT2D eigenvalue weighted by atomic mass is 10.0. The van der Waals surface area contributed by atoms with Crippen LogP contribution in [0, 0.1) is 12.7 Å². The van der Waals surface area contributed by atoms with Crippen molar-refractivity contribution in [1.82, 2.24) is 9.55 Å². The Kier molecular flexibility index (Phi) is 5.46. The van der Waals surface area contributed by atoms with Crippen molar-refractivity contribution >= 4 is 27.5 Å². The Balaban J connectivity index is 1.95. The average molecular weight is 422 g/mol. The molecule has 0 fully saturated rings. The molecule has 0 radical (unpaired) electrons. The number of aryl methyl sites for hydroxylation is 1.